The van der Waals surface area contributed by atoms with E-state index in [1.54, 1.807) is 0 Å². The second kappa shape index (κ2) is 5.75. The van der Waals surface area contributed by atoms with Crippen LogP contribution in [-0.4, -0.2) is 29.7 Å². The molecule has 0 aliphatic carbocycles. The second-order valence-electron chi connectivity index (χ2n) is 5.59. The van der Waals surface area contributed by atoms with Crippen LogP contribution in [0, 0.1) is 5.92 Å². The molecule has 0 saturated heterocycles. The van der Waals surface area contributed by atoms with Gasteiger partial charge in [-0.3, -0.25) is 0 Å². The topological polar surface area (TPSA) is 0 Å². The third kappa shape index (κ3) is 3.27. The fourth-order valence-electron chi connectivity index (χ4n) is 2.72. The fourth-order valence-corrected chi connectivity index (χ4v) is 2.72. The molecule has 0 fully saturated rings. The minimum absolute atomic E-state index is 0.748. The molecule has 0 aromatic carbocycles. The van der Waals surface area contributed by atoms with Crippen molar-refractivity contribution in [2.45, 2.75) is 67.0 Å². The predicted octanol–water partition coefficient (Wildman–Crippen LogP) is 3.69. The van der Waals surface area contributed by atoms with E-state index in [0.717, 1.165) is 18.0 Å². The van der Waals surface area contributed by atoms with Gasteiger partial charge in [0.1, 0.15) is 0 Å². The van der Waals surface area contributed by atoms with E-state index < -0.39 is 0 Å². The Morgan fingerprint density at radius 2 is 1.29 bits per heavy atom. The van der Waals surface area contributed by atoms with Gasteiger partial charge in [0.25, 0.3) is 0 Å². The Morgan fingerprint density at radius 1 is 0.857 bits per heavy atom. The first-order chi connectivity index (χ1) is 6.36. The molecule has 0 aliphatic heterocycles. The molecule has 0 amide bonds. The molecule has 0 aliphatic rings. The highest BCUT2D eigenvalue weighted by Crippen LogP contribution is 2.22. The van der Waals surface area contributed by atoms with Gasteiger partial charge < -0.3 is 4.48 Å². The first-order valence-corrected chi connectivity index (χ1v) is 6.23. The monoisotopic (exact) mass is 200 g/mol. The van der Waals surface area contributed by atoms with E-state index in [-0.39, 0.29) is 0 Å². The summed E-state index contributed by atoms with van der Waals surface area (Å²) in [7, 11) is 0. The molecule has 86 valence electrons. The Bertz CT molecular complexity index is 139. The van der Waals surface area contributed by atoms with E-state index in [9.17, 15) is 0 Å². The molecule has 0 aromatic rings. The van der Waals surface area contributed by atoms with Crippen molar-refractivity contribution in [3.63, 3.8) is 0 Å². The molecule has 0 aromatic heterocycles. The van der Waals surface area contributed by atoms with Crippen molar-refractivity contribution in [2.24, 2.45) is 5.92 Å². The molecule has 1 nitrogen and oxygen atoms in total. The zero-order valence-corrected chi connectivity index (χ0v) is 11.3. The standard InChI is InChI=1S/C13H30N/c1-8-9-14(12(4)5,13(6)7)10-11(2)3/h11-13H,8-10H2,1-7H3/q+1. The maximum atomic E-state index is 2.37. The van der Waals surface area contributed by atoms with E-state index >= 15 is 0 Å². The molecule has 0 heterocycles. The Morgan fingerprint density at radius 3 is 1.50 bits per heavy atom. The summed E-state index contributed by atoms with van der Waals surface area (Å²) in [5, 5.41) is 0. The largest absolute Gasteiger partial charge is 0.319 e. The summed E-state index contributed by atoms with van der Waals surface area (Å²) in [5.74, 6) is 0.798. The highest BCUT2D eigenvalue weighted by atomic mass is 15.4. The van der Waals surface area contributed by atoms with Crippen molar-refractivity contribution in [2.75, 3.05) is 13.1 Å². The van der Waals surface area contributed by atoms with Gasteiger partial charge in [-0.15, -0.1) is 0 Å². The lowest BCUT2D eigenvalue weighted by Crippen LogP contribution is -2.59. The van der Waals surface area contributed by atoms with E-state index in [1.165, 1.54) is 24.0 Å². The quantitative estimate of drug-likeness (QED) is 0.574. The molecule has 0 saturated carbocycles. The summed E-state index contributed by atoms with van der Waals surface area (Å²) in [6.45, 7) is 19.1. The van der Waals surface area contributed by atoms with Gasteiger partial charge in [-0.25, -0.2) is 0 Å². The lowest BCUT2D eigenvalue weighted by Gasteiger charge is -2.47. The minimum atomic E-state index is 0.748. The fraction of sp³-hybridized carbons (Fsp3) is 1.00. The number of hydrogen-bond acceptors (Lipinski definition) is 0. The summed E-state index contributed by atoms with van der Waals surface area (Å²) < 4.78 is 1.29. The molecular formula is C13H30N+. The van der Waals surface area contributed by atoms with E-state index in [1.807, 2.05) is 0 Å². The van der Waals surface area contributed by atoms with Crippen molar-refractivity contribution in [1.82, 2.24) is 0 Å². The third-order valence-electron chi connectivity index (χ3n) is 3.40. The summed E-state index contributed by atoms with van der Waals surface area (Å²) in [6, 6.07) is 1.50. The number of quaternary nitrogens is 1. The first-order valence-electron chi connectivity index (χ1n) is 6.23. The van der Waals surface area contributed by atoms with Crippen LogP contribution >= 0.6 is 0 Å². The lowest BCUT2D eigenvalue weighted by molar-refractivity contribution is -0.969. The van der Waals surface area contributed by atoms with Crippen molar-refractivity contribution in [3.05, 3.63) is 0 Å². The first kappa shape index (κ1) is 14.0. The molecule has 0 rings (SSSR count). The molecule has 0 N–H and O–H groups in total. The van der Waals surface area contributed by atoms with Crippen LogP contribution < -0.4 is 0 Å². The van der Waals surface area contributed by atoms with Gasteiger partial charge in [0.2, 0.25) is 0 Å². The molecule has 14 heavy (non-hydrogen) atoms. The number of rotatable bonds is 6. The SMILES string of the molecule is CCC[N+](CC(C)C)(C(C)C)C(C)C. The molecule has 0 unspecified atom stereocenters. The van der Waals surface area contributed by atoms with Crippen LogP contribution in [0.1, 0.15) is 54.9 Å². The number of nitrogens with zero attached hydrogens (tertiary/aromatic N) is 1. The maximum Gasteiger partial charge on any atom is 0.0835 e. The van der Waals surface area contributed by atoms with E-state index in [4.69, 9.17) is 0 Å². The van der Waals surface area contributed by atoms with Crippen LogP contribution in [0.25, 0.3) is 0 Å². The van der Waals surface area contributed by atoms with Crippen LogP contribution in [0.15, 0.2) is 0 Å². The van der Waals surface area contributed by atoms with Gasteiger partial charge in [0, 0.05) is 5.92 Å². The molecular weight excluding hydrogens is 170 g/mol. The molecule has 0 spiro atoms. The molecule has 1 heteroatoms. The van der Waals surface area contributed by atoms with E-state index in [0.29, 0.717) is 0 Å². The minimum Gasteiger partial charge on any atom is -0.319 e. The van der Waals surface area contributed by atoms with Crippen molar-refractivity contribution >= 4 is 0 Å². The van der Waals surface area contributed by atoms with Crippen LogP contribution in [0.2, 0.25) is 0 Å². The predicted molar refractivity (Wildman–Crippen MR) is 65.4 cm³/mol. The van der Waals surface area contributed by atoms with Crippen LogP contribution in [0.4, 0.5) is 0 Å². The summed E-state index contributed by atoms with van der Waals surface area (Å²) >= 11 is 0. The smallest absolute Gasteiger partial charge is 0.0835 e. The van der Waals surface area contributed by atoms with Crippen molar-refractivity contribution < 1.29 is 4.48 Å². The average molecular weight is 200 g/mol. The van der Waals surface area contributed by atoms with Gasteiger partial charge in [0.15, 0.2) is 0 Å². The normalized spacial score (nSPS) is 13.3. The van der Waals surface area contributed by atoms with Gasteiger partial charge >= 0.3 is 0 Å². The van der Waals surface area contributed by atoms with Gasteiger partial charge in [-0.1, -0.05) is 20.8 Å². The zero-order valence-electron chi connectivity index (χ0n) is 11.3. The highest BCUT2D eigenvalue weighted by molar-refractivity contribution is 4.56. The Kier molecular flexibility index (Phi) is 5.73. The second-order valence-corrected chi connectivity index (χ2v) is 5.59. The lowest BCUT2D eigenvalue weighted by atomic mass is 10.0. The summed E-state index contributed by atoms with van der Waals surface area (Å²) in [5.41, 5.74) is 0. The van der Waals surface area contributed by atoms with Crippen LogP contribution in [0.5, 0.6) is 0 Å². The average Bonchev–Trinajstić information content (AvgIpc) is 2.01. The highest BCUT2D eigenvalue weighted by Gasteiger charge is 2.34. The molecule has 0 radical (unpaired) electrons. The van der Waals surface area contributed by atoms with Crippen molar-refractivity contribution in [3.8, 4) is 0 Å². The van der Waals surface area contributed by atoms with Crippen LogP contribution in [-0.2, 0) is 0 Å². The molecule has 0 bridgehead atoms. The van der Waals surface area contributed by atoms with Gasteiger partial charge in [-0.05, 0) is 34.1 Å². The number of hydrogen-bond donors (Lipinski definition) is 0. The third-order valence-corrected chi connectivity index (χ3v) is 3.40. The maximum absolute atomic E-state index is 2.37. The Labute approximate surface area is 91.1 Å². The van der Waals surface area contributed by atoms with Crippen LogP contribution in [0.3, 0.4) is 0 Å². The molecule has 0 atom stereocenters. The van der Waals surface area contributed by atoms with Crippen molar-refractivity contribution in [1.29, 1.82) is 0 Å². The van der Waals surface area contributed by atoms with Gasteiger partial charge in [-0.2, -0.15) is 0 Å². The summed E-state index contributed by atoms with van der Waals surface area (Å²) in [4.78, 5) is 0. The Hall–Kier alpha value is -0.0400. The zero-order chi connectivity index (χ0) is 11.4. The van der Waals surface area contributed by atoms with Gasteiger partial charge in [0.05, 0.1) is 25.2 Å². The van der Waals surface area contributed by atoms with E-state index in [2.05, 4.69) is 48.5 Å². The Balaban J connectivity index is 4.74. The summed E-state index contributed by atoms with van der Waals surface area (Å²) in [6.07, 6.45) is 1.29.